The molecule has 10 nitrogen and oxygen atoms in total. The fourth-order valence-electron chi connectivity index (χ4n) is 6.44. The lowest BCUT2D eigenvalue weighted by atomic mass is 9.87. The highest BCUT2D eigenvalue weighted by molar-refractivity contribution is 6.31. The van der Waals surface area contributed by atoms with Crippen molar-refractivity contribution in [2.75, 3.05) is 9.80 Å². The zero-order valence-corrected chi connectivity index (χ0v) is 26.0. The van der Waals surface area contributed by atoms with E-state index < -0.39 is 78.0 Å². The first-order valence-corrected chi connectivity index (χ1v) is 15.8. The number of nitrogens with one attached hydrogen (secondary N) is 1. The van der Waals surface area contributed by atoms with Crippen LogP contribution in [0, 0.1) is 23.0 Å². The summed E-state index contributed by atoms with van der Waals surface area (Å²) < 4.78 is 63.2. The smallest absolute Gasteiger partial charge is 0.259 e. The van der Waals surface area contributed by atoms with Crippen molar-refractivity contribution >= 4 is 41.0 Å². The summed E-state index contributed by atoms with van der Waals surface area (Å²) in [5.41, 5.74) is -0.484. The maximum Gasteiger partial charge on any atom is 0.259 e. The third kappa shape index (κ3) is 6.84. The van der Waals surface area contributed by atoms with Crippen molar-refractivity contribution in [3.63, 3.8) is 0 Å². The number of carbonyl (C=O) groups is 3. The lowest BCUT2D eigenvalue weighted by Crippen LogP contribution is -2.56. The molecule has 2 heterocycles. The van der Waals surface area contributed by atoms with Crippen molar-refractivity contribution in [2.45, 2.75) is 81.2 Å². The summed E-state index contributed by atoms with van der Waals surface area (Å²) in [6.07, 6.45) is 1.48. The van der Waals surface area contributed by atoms with Gasteiger partial charge in [0, 0.05) is 48.2 Å². The van der Waals surface area contributed by atoms with Crippen molar-refractivity contribution < 1.29 is 36.7 Å². The molecule has 1 N–H and O–H groups in total. The van der Waals surface area contributed by atoms with E-state index in [4.69, 9.17) is 16.3 Å². The Kier molecular flexibility index (Phi) is 9.35. The van der Waals surface area contributed by atoms with Crippen molar-refractivity contribution in [3.8, 4) is 6.07 Å². The first-order chi connectivity index (χ1) is 22.9. The summed E-state index contributed by atoms with van der Waals surface area (Å²) in [6, 6.07) is 7.14. The molecule has 0 spiro atoms. The van der Waals surface area contributed by atoms with Crippen LogP contribution in [0.25, 0.3) is 0 Å². The zero-order chi connectivity index (χ0) is 34.2. The number of rotatable bonds is 9. The second-order valence-electron chi connectivity index (χ2n) is 12.1. The number of halogens is 5. The largest absolute Gasteiger partial charge is 0.365 e. The summed E-state index contributed by atoms with van der Waals surface area (Å²) in [6.45, 7) is 0. The number of nitriles is 1. The van der Waals surface area contributed by atoms with E-state index in [0.717, 1.165) is 34.8 Å². The molecular formula is C33H29ClF4N6O4. The van der Waals surface area contributed by atoms with E-state index in [1.165, 1.54) is 30.5 Å². The van der Waals surface area contributed by atoms with Gasteiger partial charge in [0.1, 0.15) is 41.6 Å². The first-order valence-electron chi connectivity index (χ1n) is 15.4. The van der Waals surface area contributed by atoms with Crippen molar-refractivity contribution in [1.29, 1.82) is 5.26 Å². The molecule has 2 aromatic carbocycles. The number of amides is 3. The SMILES string of the molecule is N#Cc1ccnc(N2C(=O)[C@H](OC3CCCC3)C[C@H]2C(=O)N(c2cc(F)cc(F)c2)[C@@H](C(=O)NC2CC(F)(F)C2)c2ccccc2Cl)n1. The van der Waals surface area contributed by atoms with Gasteiger partial charge in [-0.25, -0.2) is 27.5 Å². The van der Waals surface area contributed by atoms with Gasteiger partial charge in [0.15, 0.2) is 0 Å². The minimum atomic E-state index is -2.99. The highest BCUT2D eigenvalue weighted by Crippen LogP contribution is 2.40. The molecule has 0 radical (unpaired) electrons. The minimum Gasteiger partial charge on any atom is -0.365 e. The van der Waals surface area contributed by atoms with Gasteiger partial charge in [0.25, 0.3) is 17.7 Å². The molecule has 3 fully saturated rings. The second-order valence-corrected chi connectivity index (χ2v) is 12.5. The van der Waals surface area contributed by atoms with Gasteiger partial charge >= 0.3 is 0 Å². The minimum absolute atomic E-state index is 0.00174. The van der Waals surface area contributed by atoms with Crippen LogP contribution in [0.4, 0.5) is 29.2 Å². The Balaban J connectivity index is 1.47. The molecule has 48 heavy (non-hydrogen) atoms. The predicted octanol–water partition coefficient (Wildman–Crippen LogP) is 5.40. The van der Waals surface area contributed by atoms with Crippen molar-refractivity contribution in [2.24, 2.45) is 0 Å². The van der Waals surface area contributed by atoms with E-state index in [0.29, 0.717) is 18.9 Å². The fraction of sp³-hybridized carbons (Fsp3) is 0.394. The monoisotopic (exact) mass is 684 g/mol. The van der Waals surface area contributed by atoms with E-state index in [1.54, 1.807) is 6.07 Å². The Morgan fingerprint density at radius 2 is 1.79 bits per heavy atom. The zero-order valence-electron chi connectivity index (χ0n) is 25.3. The third-order valence-electron chi connectivity index (χ3n) is 8.68. The summed E-state index contributed by atoms with van der Waals surface area (Å²) in [5.74, 6) is -8.06. The van der Waals surface area contributed by atoms with Crippen molar-refractivity contribution in [1.82, 2.24) is 15.3 Å². The van der Waals surface area contributed by atoms with Gasteiger partial charge in [0.05, 0.1) is 11.8 Å². The molecule has 2 saturated carbocycles. The molecule has 0 bridgehead atoms. The molecule has 15 heteroatoms. The van der Waals surface area contributed by atoms with Crippen LogP contribution in [0.1, 0.15) is 62.2 Å². The fourth-order valence-corrected chi connectivity index (χ4v) is 6.68. The van der Waals surface area contributed by atoms with Crippen molar-refractivity contribution in [3.05, 3.63) is 82.6 Å². The topological polar surface area (TPSA) is 129 Å². The van der Waals surface area contributed by atoms with Crippen LogP contribution < -0.4 is 15.1 Å². The molecule has 6 rings (SSSR count). The molecular weight excluding hydrogens is 656 g/mol. The molecule has 250 valence electrons. The molecule has 0 unspecified atom stereocenters. The van der Waals surface area contributed by atoms with Crippen LogP contribution in [-0.2, 0) is 19.1 Å². The normalized spacial score (nSPS) is 21.4. The maximum absolute atomic E-state index is 14.9. The molecule has 1 aliphatic heterocycles. The Bertz CT molecular complexity index is 1760. The number of anilines is 2. The summed E-state index contributed by atoms with van der Waals surface area (Å²) in [7, 11) is 0. The summed E-state index contributed by atoms with van der Waals surface area (Å²) in [4.78, 5) is 52.9. The molecule has 1 saturated heterocycles. The van der Waals surface area contributed by atoms with Crippen LogP contribution in [0.3, 0.4) is 0 Å². The number of alkyl halides is 2. The number of aromatic nitrogens is 2. The van der Waals surface area contributed by atoms with E-state index in [-0.39, 0.29) is 34.8 Å². The maximum atomic E-state index is 14.9. The van der Waals surface area contributed by atoms with Gasteiger partial charge in [-0.1, -0.05) is 42.6 Å². The van der Waals surface area contributed by atoms with E-state index >= 15 is 0 Å². The Hall–Kier alpha value is -4.61. The quantitative estimate of drug-likeness (QED) is 0.299. The number of hydrogen-bond donors (Lipinski definition) is 1. The van der Waals surface area contributed by atoms with Crippen LogP contribution in [0.5, 0.6) is 0 Å². The van der Waals surface area contributed by atoms with Crippen LogP contribution in [-0.4, -0.2) is 57.9 Å². The third-order valence-corrected chi connectivity index (χ3v) is 9.03. The molecule has 2 aliphatic carbocycles. The van der Waals surface area contributed by atoms with Gasteiger partial charge in [-0.2, -0.15) is 5.26 Å². The number of ether oxygens (including phenoxy) is 1. The lowest BCUT2D eigenvalue weighted by Gasteiger charge is -2.39. The molecule has 1 aromatic heterocycles. The molecule has 3 aromatic rings. The van der Waals surface area contributed by atoms with Crippen LogP contribution in [0.2, 0.25) is 5.02 Å². The average Bonchev–Trinajstić information content (AvgIpc) is 3.66. The Morgan fingerprint density at radius 1 is 1.10 bits per heavy atom. The van der Waals surface area contributed by atoms with E-state index in [2.05, 4.69) is 15.3 Å². The number of benzene rings is 2. The average molecular weight is 685 g/mol. The first kappa shape index (κ1) is 33.3. The summed E-state index contributed by atoms with van der Waals surface area (Å²) >= 11 is 6.53. The number of nitrogens with zero attached hydrogens (tertiary/aromatic N) is 5. The Morgan fingerprint density at radius 3 is 2.44 bits per heavy atom. The lowest BCUT2D eigenvalue weighted by molar-refractivity contribution is -0.133. The highest BCUT2D eigenvalue weighted by atomic mass is 35.5. The highest BCUT2D eigenvalue weighted by Gasteiger charge is 2.51. The van der Waals surface area contributed by atoms with Crippen LogP contribution >= 0.6 is 11.6 Å². The van der Waals surface area contributed by atoms with Gasteiger partial charge in [0.2, 0.25) is 11.9 Å². The molecule has 3 amide bonds. The van der Waals surface area contributed by atoms with Crippen LogP contribution in [0.15, 0.2) is 54.7 Å². The number of hydrogen-bond acceptors (Lipinski definition) is 7. The van der Waals surface area contributed by atoms with Gasteiger partial charge in [-0.15, -0.1) is 0 Å². The van der Waals surface area contributed by atoms with Gasteiger partial charge in [-0.05, 0) is 37.1 Å². The molecule has 3 aliphatic rings. The standard InChI is InChI=1S/C33H29ClF4N6O4/c34-25-8-4-3-7-24(25)28(29(45)41-21-15-33(37,38)16-21)43(22-12-18(35)11-19(36)13-22)30(46)26-14-27(48-23-5-1-2-6-23)31(47)44(26)32-40-10-9-20(17-39)42-32/h3-4,7-13,21,23,26-28H,1-2,5-6,14-16H2,(H,41,45)/t26-,27+,28+/m0/s1. The van der Waals surface area contributed by atoms with E-state index in [1.807, 2.05) is 6.07 Å². The second kappa shape index (κ2) is 13.5. The predicted molar refractivity (Wildman–Crippen MR) is 164 cm³/mol. The van der Waals surface area contributed by atoms with Gasteiger partial charge < -0.3 is 10.1 Å². The molecule has 3 atom stereocenters. The number of carbonyl (C=O) groups excluding carboxylic acids is 3. The van der Waals surface area contributed by atoms with Gasteiger partial charge in [-0.3, -0.25) is 24.2 Å². The Labute approximate surface area is 277 Å². The van der Waals surface area contributed by atoms with E-state index in [9.17, 15) is 37.2 Å². The summed E-state index contributed by atoms with van der Waals surface area (Å²) in [5, 5.41) is 12.0.